The number of hydrazine groups is 1. The summed E-state index contributed by atoms with van der Waals surface area (Å²) in [6.45, 7) is 0.0515. The zero-order chi connectivity index (χ0) is 39.8. The molecule has 4 aliphatic rings. The van der Waals surface area contributed by atoms with Gasteiger partial charge in [-0.3, -0.25) is 29.5 Å². The lowest BCUT2D eigenvalue weighted by atomic mass is 9.49. The van der Waals surface area contributed by atoms with Gasteiger partial charge in [0.25, 0.3) is 11.8 Å². The van der Waals surface area contributed by atoms with E-state index in [1.807, 2.05) is 36.4 Å². The van der Waals surface area contributed by atoms with Crippen LogP contribution in [0.4, 0.5) is 19.0 Å². The maximum Gasteiger partial charge on any atom is 0.417 e. The number of hydrogen-bond acceptors (Lipinski definition) is 8. The number of hydrogen-bond donors (Lipinski definition) is 2. The molecule has 8 rings (SSSR count). The Morgan fingerprint density at radius 3 is 2.30 bits per heavy atom. The van der Waals surface area contributed by atoms with Crippen LogP contribution < -0.4 is 10.2 Å². The van der Waals surface area contributed by atoms with Gasteiger partial charge in [-0.25, -0.2) is 4.98 Å². The molecule has 0 radical (unpaired) electrons. The summed E-state index contributed by atoms with van der Waals surface area (Å²) in [6, 6.07) is 19.0. The fraction of sp³-hybridized carbons (Fsp3) is 0.275. The number of pyridine rings is 1. The lowest BCUT2D eigenvalue weighted by molar-refractivity contribution is -0.142. The van der Waals surface area contributed by atoms with E-state index in [9.17, 15) is 32.7 Å². The monoisotopic (exact) mass is 824 g/mol. The Morgan fingerprint density at radius 2 is 1.64 bits per heavy atom. The molecule has 288 valence electrons. The number of carbonyl (C=O) groups excluding carboxylic acids is 4. The lowest BCUT2D eigenvalue weighted by Crippen LogP contribution is -2.53. The molecule has 2 N–H and O–H groups in total. The average molecular weight is 826 g/mol. The normalized spacial score (nSPS) is 25.8. The van der Waals surface area contributed by atoms with Crippen molar-refractivity contribution in [3.63, 3.8) is 0 Å². The zero-order valence-corrected chi connectivity index (χ0v) is 31.5. The van der Waals surface area contributed by atoms with E-state index in [4.69, 9.17) is 39.5 Å². The second-order valence-corrected chi connectivity index (χ2v) is 15.5. The summed E-state index contributed by atoms with van der Waals surface area (Å²) < 4.78 is 46.0. The Hall–Kier alpha value is -5.11. The number of aromatic nitrogens is 1. The molecule has 0 bridgehead atoms. The van der Waals surface area contributed by atoms with Crippen molar-refractivity contribution in [3.05, 3.63) is 128 Å². The Balaban J connectivity index is 1.31. The van der Waals surface area contributed by atoms with Crippen LogP contribution in [0.2, 0.25) is 15.1 Å². The molecular weight excluding hydrogens is 796 g/mol. The topological polar surface area (TPSA) is 129 Å². The number of likely N-dealkylation sites (tertiary alicyclic amines) is 1. The number of amides is 4. The van der Waals surface area contributed by atoms with Gasteiger partial charge in [-0.15, -0.1) is 0 Å². The number of allylic oxidation sites excluding steroid dienone is 2. The number of phenolic OH excluding ortho intramolecular Hbond substituents is 1. The minimum atomic E-state index is -4.76. The molecule has 3 heterocycles. The van der Waals surface area contributed by atoms with Gasteiger partial charge >= 0.3 is 6.18 Å². The van der Waals surface area contributed by atoms with Gasteiger partial charge in [0.15, 0.2) is 17.3 Å². The number of imide groups is 2. The molecule has 2 saturated heterocycles. The van der Waals surface area contributed by atoms with Crippen LogP contribution in [0, 0.1) is 23.7 Å². The molecule has 16 heteroatoms. The number of nitrogens with zero attached hydrogens (tertiary/aromatic N) is 3. The molecule has 6 unspecified atom stereocenters. The predicted octanol–water partition coefficient (Wildman–Crippen LogP) is 7.96. The van der Waals surface area contributed by atoms with Gasteiger partial charge in [-0.1, -0.05) is 88.9 Å². The van der Waals surface area contributed by atoms with Gasteiger partial charge in [-0.05, 0) is 65.8 Å². The summed E-state index contributed by atoms with van der Waals surface area (Å²) in [5, 5.41) is 11.2. The molecule has 2 aliphatic heterocycles. The maximum atomic E-state index is 15.4. The van der Waals surface area contributed by atoms with E-state index in [0.717, 1.165) is 5.56 Å². The molecule has 10 nitrogen and oxygen atoms in total. The van der Waals surface area contributed by atoms with Crippen LogP contribution in [0.5, 0.6) is 11.5 Å². The highest BCUT2D eigenvalue weighted by Gasteiger charge is 2.70. The molecule has 6 atom stereocenters. The maximum absolute atomic E-state index is 15.4. The van der Waals surface area contributed by atoms with Crippen molar-refractivity contribution in [2.24, 2.45) is 23.7 Å². The Bertz CT molecular complexity index is 2340. The molecule has 4 aromatic rings. The van der Waals surface area contributed by atoms with Crippen molar-refractivity contribution in [2.45, 2.75) is 36.9 Å². The van der Waals surface area contributed by atoms with E-state index in [-0.39, 0.29) is 47.6 Å². The van der Waals surface area contributed by atoms with Crippen molar-refractivity contribution in [2.75, 3.05) is 12.5 Å². The number of alkyl halides is 3. The lowest BCUT2D eigenvalue weighted by Gasteiger charge is -2.50. The third-order valence-electron chi connectivity index (χ3n) is 11.4. The Kier molecular flexibility index (Phi) is 9.33. The van der Waals surface area contributed by atoms with Crippen LogP contribution in [0.3, 0.4) is 0 Å². The first-order valence-electron chi connectivity index (χ1n) is 17.5. The first-order valence-corrected chi connectivity index (χ1v) is 18.6. The smallest absolute Gasteiger partial charge is 0.417 e. The number of methoxy groups -OCH3 is 1. The Morgan fingerprint density at radius 1 is 0.929 bits per heavy atom. The number of fused-ring (bicyclic) bond motifs is 4. The summed E-state index contributed by atoms with van der Waals surface area (Å²) in [7, 11) is 1.32. The third-order valence-corrected chi connectivity index (χ3v) is 12.3. The van der Waals surface area contributed by atoms with Crippen molar-refractivity contribution in [3.8, 4) is 11.5 Å². The number of rotatable bonds is 7. The fourth-order valence-electron chi connectivity index (χ4n) is 9.06. The number of aromatic hydroxyl groups is 1. The highest BCUT2D eigenvalue weighted by molar-refractivity contribution is 6.33. The van der Waals surface area contributed by atoms with E-state index in [1.165, 1.54) is 24.1 Å². The quantitative estimate of drug-likeness (QED) is 0.142. The summed E-state index contributed by atoms with van der Waals surface area (Å²) >= 11 is 19.2. The number of anilines is 1. The van der Waals surface area contributed by atoms with Crippen LogP contribution in [-0.4, -0.2) is 50.7 Å². The molecule has 3 aromatic carbocycles. The van der Waals surface area contributed by atoms with Crippen LogP contribution in [0.25, 0.3) is 0 Å². The highest BCUT2D eigenvalue weighted by atomic mass is 35.5. The zero-order valence-electron chi connectivity index (χ0n) is 29.2. The largest absolute Gasteiger partial charge is 0.503 e. The molecule has 1 saturated carbocycles. The van der Waals surface area contributed by atoms with Crippen molar-refractivity contribution >= 4 is 64.2 Å². The highest BCUT2D eigenvalue weighted by Crippen LogP contribution is 2.64. The van der Waals surface area contributed by atoms with Crippen LogP contribution in [0.15, 0.2) is 90.6 Å². The molecule has 3 fully saturated rings. The number of nitrogens with one attached hydrogen (secondary N) is 1. The van der Waals surface area contributed by atoms with E-state index >= 15 is 4.79 Å². The van der Waals surface area contributed by atoms with Crippen molar-refractivity contribution in [1.82, 2.24) is 14.9 Å². The van der Waals surface area contributed by atoms with Gasteiger partial charge in [0.05, 0.1) is 52.4 Å². The second-order valence-electron chi connectivity index (χ2n) is 14.2. The van der Waals surface area contributed by atoms with Gasteiger partial charge in [0.2, 0.25) is 11.8 Å². The summed E-state index contributed by atoms with van der Waals surface area (Å²) in [6.07, 6.45) is -2.30. The first kappa shape index (κ1) is 37.8. The van der Waals surface area contributed by atoms with E-state index in [2.05, 4.69) is 10.4 Å². The number of ether oxygens (including phenoxy) is 1. The second kappa shape index (κ2) is 13.8. The van der Waals surface area contributed by atoms with Crippen LogP contribution >= 0.6 is 34.8 Å². The number of halogens is 6. The molecule has 2 aliphatic carbocycles. The van der Waals surface area contributed by atoms with E-state index < -0.39 is 69.5 Å². The molecule has 0 spiro atoms. The minimum Gasteiger partial charge on any atom is -0.503 e. The van der Waals surface area contributed by atoms with Crippen molar-refractivity contribution < 1.29 is 42.2 Å². The minimum absolute atomic E-state index is 0.0274. The molecule has 4 amide bonds. The van der Waals surface area contributed by atoms with Crippen molar-refractivity contribution in [1.29, 1.82) is 0 Å². The molecular formula is C40H30Cl3F3N4O6. The predicted molar refractivity (Wildman–Crippen MR) is 199 cm³/mol. The Labute approximate surface area is 332 Å². The molecule has 56 heavy (non-hydrogen) atoms. The van der Waals surface area contributed by atoms with E-state index in [0.29, 0.717) is 39.0 Å². The fourth-order valence-corrected chi connectivity index (χ4v) is 9.61. The number of phenols is 1. The summed E-state index contributed by atoms with van der Waals surface area (Å²) in [5.74, 6) is -7.77. The SMILES string of the molecule is COc1cc(C2C3=CCC4C(=O)N(Cc5ccccc5)C(=O)C4C3CC3C(=O)N(Nc4ncc(C(F)(F)F)cc4Cl)C(=O)C32c2ccc(Cl)cc2)cc(Cl)c1O. The summed E-state index contributed by atoms with van der Waals surface area (Å²) in [4.78, 5) is 63.7. The van der Waals surface area contributed by atoms with Crippen LogP contribution in [-0.2, 0) is 37.3 Å². The standard InChI is InChI=1S/C40H30Cl3F3N4O6/c1-56-30-14-20(13-28(42)33(30)51)32-24-11-12-25-31(37(54)49(35(25)52)18-19-5-3-2-4-6-19)26(24)16-27-36(53)50(38(55)39(27,32)21-7-9-23(41)10-8-21)48-34-29(43)15-22(17-47-34)40(44,45)46/h2-11,13-15,17,25-27,31-32,51H,12,16,18H2,1H3,(H,47,48). The van der Waals surface area contributed by atoms with Gasteiger partial charge in [0, 0.05) is 17.1 Å². The number of benzene rings is 3. The van der Waals surface area contributed by atoms with Gasteiger partial charge < -0.3 is 9.84 Å². The third kappa shape index (κ3) is 5.81. The average Bonchev–Trinajstić information content (AvgIpc) is 3.54. The van der Waals surface area contributed by atoms with Gasteiger partial charge in [-0.2, -0.15) is 18.2 Å². The van der Waals surface area contributed by atoms with Gasteiger partial charge in [0.1, 0.15) is 0 Å². The molecule has 1 aromatic heterocycles. The van der Waals surface area contributed by atoms with Crippen LogP contribution in [0.1, 0.15) is 41.0 Å². The first-order chi connectivity index (χ1) is 26.7. The summed E-state index contributed by atoms with van der Waals surface area (Å²) in [5.41, 5.74) is 1.72. The van der Waals surface area contributed by atoms with E-state index in [1.54, 1.807) is 24.3 Å². The number of carbonyl (C=O) groups is 4.